The Morgan fingerprint density at radius 1 is 0.943 bits per heavy atom. The fourth-order valence-corrected chi connectivity index (χ4v) is 4.52. The lowest BCUT2D eigenvalue weighted by Gasteiger charge is -2.37. The summed E-state index contributed by atoms with van der Waals surface area (Å²) in [5, 5.41) is 2.45. The van der Waals surface area contributed by atoms with Crippen LogP contribution in [0.1, 0.15) is 48.2 Å². The molecule has 2 aliphatic rings. The SMILES string of the molecule is CC1CN(CC(=O)N2CCC(CNC(=O)c3cc(C(F)(F)F)cc(C(F)(F)F)c3)CC2)CC(C)O1. The topological polar surface area (TPSA) is 61.9 Å². The van der Waals surface area contributed by atoms with Crippen LogP contribution in [0.2, 0.25) is 0 Å². The van der Waals surface area contributed by atoms with Crippen LogP contribution in [-0.4, -0.2) is 73.1 Å². The standard InChI is InChI=1S/C23H29F6N3O3/c1-14-11-31(12-15(2)35-14)13-20(33)32-5-3-16(4-6-32)10-30-21(34)17-7-18(22(24,25)26)9-19(8-17)23(27,28)29/h7-9,14-16H,3-6,10-13H2,1-2H3,(H,30,34). The quantitative estimate of drug-likeness (QED) is 0.614. The van der Waals surface area contributed by atoms with Crippen molar-refractivity contribution in [2.45, 2.75) is 51.2 Å². The predicted octanol–water partition coefficient (Wildman–Crippen LogP) is 3.80. The highest BCUT2D eigenvalue weighted by Gasteiger charge is 2.37. The molecule has 0 saturated carbocycles. The van der Waals surface area contributed by atoms with Gasteiger partial charge in [-0.15, -0.1) is 0 Å². The molecule has 1 aromatic rings. The molecule has 0 aliphatic carbocycles. The summed E-state index contributed by atoms with van der Waals surface area (Å²) >= 11 is 0. The van der Waals surface area contributed by atoms with E-state index in [0.29, 0.717) is 51.2 Å². The number of likely N-dealkylation sites (tertiary alicyclic amines) is 1. The summed E-state index contributed by atoms with van der Waals surface area (Å²) < 4.78 is 83.8. The minimum absolute atomic E-state index is 0.00238. The van der Waals surface area contributed by atoms with Gasteiger partial charge in [0.25, 0.3) is 5.91 Å². The van der Waals surface area contributed by atoms with Gasteiger partial charge < -0.3 is 15.0 Å². The van der Waals surface area contributed by atoms with Gasteiger partial charge in [0.15, 0.2) is 0 Å². The van der Waals surface area contributed by atoms with Crippen molar-refractivity contribution in [3.05, 3.63) is 34.9 Å². The molecule has 1 aromatic carbocycles. The molecule has 3 rings (SSSR count). The molecule has 0 spiro atoms. The zero-order chi connectivity index (χ0) is 26.0. The minimum Gasteiger partial charge on any atom is -0.373 e. The van der Waals surface area contributed by atoms with Gasteiger partial charge in [0, 0.05) is 38.3 Å². The Morgan fingerprint density at radius 3 is 1.94 bits per heavy atom. The van der Waals surface area contributed by atoms with Crippen molar-refractivity contribution in [3.63, 3.8) is 0 Å². The molecule has 12 heteroatoms. The molecule has 2 fully saturated rings. The zero-order valence-electron chi connectivity index (χ0n) is 19.5. The third-order valence-electron chi connectivity index (χ3n) is 6.22. The largest absolute Gasteiger partial charge is 0.416 e. The highest BCUT2D eigenvalue weighted by Crippen LogP contribution is 2.36. The van der Waals surface area contributed by atoms with Gasteiger partial charge in [-0.05, 0) is 50.8 Å². The smallest absolute Gasteiger partial charge is 0.373 e. The Balaban J connectivity index is 1.52. The Hall–Kier alpha value is -2.34. The normalized spacial score (nSPS) is 22.8. The lowest BCUT2D eigenvalue weighted by atomic mass is 9.96. The molecular weight excluding hydrogens is 480 g/mol. The fraction of sp³-hybridized carbons (Fsp3) is 0.652. The molecule has 2 heterocycles. The maximum Gasteiger partial charge on any atom is 0.416 e. The van der Waals surface area contributed by atoms with E-state index in [0.717, 1.165) is 0 Å². The summed E-state index contributed by atoms with van der Waals surface area (Å²) in [4.78, 5) is 28.8. The van der Waals surface area contributed by atoms with Gasteiger partial charge in [0.2, 0.25) is 5.91 Å². The van der Waals surface area contributed by atoms with Gasteiger partial charge in [-0.1, -0.05) is 0 Å². The molecule has 0 radical (unpaired) electrons. The number of morpholine rings is 1. The average Bonchev–Trinajstić information content (AvgIpc) is 2.75. The number of halogens is 6. The van der Waals surface area contributed by atoms with Gasteiger partial charge in [0.1, 0.15) is 0 Å². The number of amides is 2. The van der Waals surface area contributed by atoms with Crippen molar-refractivity contribution in [1.82, 2.24) is 15.1 Å². The van der Waals surface area contributed by atoms with Gasteiger partial charge in [-0.2, -0.15) is 26.3 Å². The molecule has 2 atom stereocenters. The maximum absolute atomic E-state index is 13.0. The summed E-state index contributed by atoms with van der Waals surface area (Å²) in [6.45, 7) is 6.57. The molecule has 6 nitrogen and oxygen atoms in total. The summed E-state index contributed by atoms with van der Waals surface area (Å²) in [5.41, 5.74) is -3.77. The molecule has 35 heavy (non-hydrogen) atoms. The van der Waals surface area contributed by atoms with E-state index in [1.165, 1.54) is 0 Å². The van der Waals surface area contributed by atoms with Crippen molar-refractivity contribution in [2.24, 2.45) is 5.92 Å². The molecule has 1 N–H and O–H groups in total. The third kappa shape index (κ3) is 7.57. The van der Waals surface area contributed by atoms with E-state index in [9.17, 15) is 35.9 Å². The number of benzene rings is 1. The Bertz CT molecular complexity index is 870. The predicted molar refractivity (Wildman–Crippen MR) is 115 cm³/mol. The van der Waals surface area contributed by atoms with Crippen LogP contribution in [0.4, 0.5) is 26.3 Å². The molecule has 2 aliphatic heterocycles. The highest BCUT2D eigenvalue weighted by atomic mass is 19.4. The monoisotopic (exact) mass is 509 g/mol. The average molecular weight is 509 g/mol. The summed E-state index contributed by atoms with van der Waals surface area (Å²) in [6.07, 6.45) is -8.81. The van der Waals surface area contributed by atoms with E-state index < -0.39 is 35.0 Å². The zero-order valence-corrected chi connectivity index (χ0v) is 19.5. The number of alkyl halides is 6. The highest BCUT2D eigenvalue weighted by molar-refractivity contribution is 5.94. The summed E-state index contributed by atoms with van der Waals surface area (Å²) in [7, 11) is 0. The van der Waals surface area contributed by atoms with Gasteiger partial charge in [0.05, 0.1) is 29.9 Å². The molecule has 2 saturated heterocycles. The van der Waals surface area contributed by atoms with Crippen LogP contribution in [0.25, 0.3) is 0 Å². The number of ether oxygens (including phenoxy) is 1. The molecule has 2 amide bonds. The summed E-state index contributed by atoms with van der Waals surface area (Å²) in [6, 6.07) is 0.820. The molecule has 196 valence electrons. The Kier molecular flexibility index (Phi) is 8.36. The minimum atomic E-state index is -5.02. The number of nitrogens with one attached hydrogen (secondary N) is 1. The van der Waals surface area contributed by atoms with Crippen LogP contribution >= 0.6 is 0 Å². The lowest BCUT2D eigenvalue weighted by Crippen LogP contribution is -2.51. The van der Waals surface area contributed by atoms with E-state index in [1.54, 1.807) is 4.90 Å². The van der Waals surface area contributed by atoms with Crippen molar-refractivity contribution in [2.75, 3.05) is 39.3 Å². The first kappa shape index (κ1) is 27.3. The third-order valence-corrected chi connectivity index (χ3v) is 6.22. The van der Waals surface area contributed by atoms with Crippen LogP contribution in [0, 0.1) is 5.92 Å². The summed E-state index contributed by atoms with van der Waals surface area (Å²) in [5.74, 6) is -1.05. The number of carbonyl (C=O) groups excluding carboxylic acids is 2. The van der Waals surface area contributed by atoms with Crippen LogP contribution in [-0.2, 0) is 21.9 Å². The van der Waals surface area contributed by atoms with Crippen LogP contribution in [0.5, 0.6) is 0 Å². The van der Waals surface area contributed by atoms with E-state index in [2.05, 4.69) is 10.2 Å². The molecule has 0 aromatic heterocycles. The number of rotatable bonds is 5. The van der Waals surface area contributed by atoms with Gasteiger partial charge in [-0.25, -0.2) is 0 Å². The second-order valence-electron chi connectivity index (χ2n) is 9.28. The van der Waals surface area contributed by atoms with Gasteiger partial charge in [-0.3, -0.25) is 14.5 Å². The van der Waals surface area contributed by atoms with E-state index in [1.807, 2.05) is 13.8 Å². The van der Waals surface area contributed by atoms with Crippen molar-refractivity contribution < 1.29 is 40.7 Å². The van der Waals surface area contributed by atoms with Crippen LogP contribution in [0.15, 0.2) is 18.2 Å². The van der Waals surface area contributed by atoms with E-state index in [4.69, 9.17) is 4.74 Å². The molecule has 2 unspecified atom stereocenters. The maximum atomic E-state index is 13.0. The molecular formula is C23H29F6N3O3. The van der Waals surface area contributed by atoms with Crippen molar-refractivity contribution >= 4 is 11.8 Å². The number of hydrogen-bond donors (Lipinski definition) is 1. The first-order valence-corrected chi connectivity index (χ1v) is 11.5. The van der Waals surface area contributed by atoms with Crippen molar-refractivity contribution in [3.8, 4) is 0 Å². The second-order valence-corrected chi connectivity index (χ2v) is 9.28. The number of nitrogens with zero attached hydrogens (tertiary/aromatic N) is 2. The van der Waals surface area contributed by atoms with Gasteiger partial charge >= 0.3 is 12.4 Å². The van der Waals surface area contributed by atoms with E-state index in [-0.39, 0.29) is 43.2 Å². The number of carbonyl (C=O) groups is 2. The fourth-order valence-electron chi connectivity index (χ4n) is 4.52. The lowest BCUT2D eigenvalue weighted by molar-refractivity contribution is -0.143. The second kappa shape index (κ2) is 10.7. The first-order valence-electron chi connectivity index (χ1n) is 11.5. The Labute approximate surface area is 199 Å². The van der Waals surface area contributed by atoms with E-state index >= 15 is 0 Å². The first-order chi connectivity index (χ1) is 16.2. The van der Waals surface area contributed by atoms with Crippen molar-refractivity contribution in [1.29, 1.82) is 0 Å². The van der Waals surface area contributed by atoms with Crippen LogP contribution in [0.3, 0.4) is 0 Å². The van der Waals surface area contributed by atoms with Crippen LogP contribution < -0.4 is 5.32 Å². The number of piperidine rings is 1. The number of hydrogen-bond acceptors (Lipinski definition) is 4. The molecule has 0 bridgehead atoms. The Morgan fingerprint density at radius 2 is 1.46 bits per heavy atom.